The van der Waals surface area contributed by atoms with Crippen LogP contribution in [0.5, 0.6) is 0 Å². The summed E-state index contributed by atoms with van der Waals surface area (Å²) < 4.78 is 49.6. The summed E-state index contributed by atoms with van der Waals surface area (Å²) in [5.41, 5.74) is 2.46. The lowest BCUT2D eigenvalue weighted by atomic mass is 9.77. The number of ether oxygens (including phenoxy) is 1. The van der Waals surface area contributed by atoms with Crippen LogP contribution in [0.4, 0.5) is 13.2 Å². The van der Waals surface area contributed by atoms with Crippen LogP contribution < -0.4 is 0 Å². The zero-order chi connectivity index (χ0) is 29.1. The fourth-order valence-corrected chi connectivity index (χ4v) is 6.92. The second-order valence-corrected chi connectivity index (χ2v) is 12.3. The molecule has 0 bridgehead atoms. The first kappa shape index (κ1) is 31.6. The molecule has 0 aromatic heterocycles. The van der Waals surface area contributed by atoms with Crippen LogP contribution in [0.1, 0.15) is 125 Å². The minimum Gasteiger partial charge on any atom is -0.316 e. The normalized spacial score (nSPS) is 23.9. The van der Waals surface area contributed by atoms with Crippen molar-refractivity contribution in [2.45, 2.75) is 115 Å². The summed E-state index contributed by atoms with van der Waals surface area (Å²) >= 11 is 0. The molecule has 2 aliphatic carbocycles. The Bertz CT molecular complexity index is 1100. The first-order valence-corrected chi connectivity index (χ1v) is 16.0. The Morgan fingerprint density at radius 3 is 1.76 bits per heavy atom. The minimum atomic E-state index is -3.65. The molecular formula is C37H49F3O. The lowest BCUT2D eigenvalue weighted by Crippen LogP contribution is -2.22. The Hall–Kier alpha value is -2.33. The summed E-state index contributed by atoms with van der Waals surface area (Å²) in [5, 5.41) is 0. The first-order valence-electron chi connectivity index (χ1n) is 16.0. The average Bonchev–Trinajstić information content (AvgIpc) is 2.98. The Morgan fingerprint density at radius 2 is 1.24 bits per heavy atom. The molecule has 4 heteroatoms. The molecule has 224 valence electrons. The van der Waals surface area contributed by atoms with E-state index < -0.39 is 17.5 Å². The van der Waals surface area contributed by atoms with Crippen molar-refractivity contribution in [3.8, 4) is 0 Å². The van der Waals surface area contributed by atoms with E-state index >= 15 is 0 Å². The highest BCUT2D eigenvalue weighted by atomic mass is 19.3. The summed E-state index contributed by atoms with van der Waals surface area (Å²) in [6.07, 6.45) is 19.4. The fraction of sp³-hybridized carbons (Fsp3) is 0.568. The monoisotopic (exact) mass is 566 g/mol. The lowest BCUT2D eigenvalue weighted by molar-refractivity contribution is -0.249. The molecule has 0 spiro atoms. The van der Waals surface area contributed by atoms with E-state index in [9.17, 15) is 13.2 Å². The van der Waals surface area contributed by atoms with E-state index in [1.54, 1.807) is 6.07 Å². The highest BCUT2D eigenvalue weighted by Crippen LogP contribution is 2.40. The number of allylic oxidation sites excluding steroid dienone is 4. The fourth-order valence-electron chi connectivity index (χ4n) is 6.92. The van der Waals surface area contributed by atoms with Crippen molar-refractivity contribution >= 4 is 0 Å². The number of rotatable bonds is 13. The lowest BCUT2D eigenvalue weighted by Gasteiger charge is -2.29. The summed E-state index contributed by atoms with van der Waals surface area (Å²) in [4.78, 5) is 0. The summed E-state index contributed by atoms with van der Waals surface area (Å²) in [6, 6.07) is 12.6. The van der Waals surface area contributed by atoms with Gasteiger partial charge in [0.25, 0.3) is 0 Å². The van der Waals surface area contributed by atoms with Gasteiger partial charge in [0.1, 0.15) is 5.82 Å². The zero-order valence-corrected chi connectivity index (χ0v) is 25.1. The Balaban J connectivity index is 1.22. The highest BCUT2D eigenvalue weighted by molar-refractivity contribution is 5.29. The van der Waals surface area contributed by atoms with Gasteiger partial charge in [-0.05, 0) is 150 Å². The zero-order valence-electron chi connectivity index (χ0n) is 25.1. The van der Waals surface area contributed by atoms with Crippen molar-refractivity contribution in [2.75, 3.05) is 6.61 Å². The van der Waals surface area contributed by atoms with Crippen molar-refractivity contribution in [2.24, 2.45) is 11.8 Å². The van der Waals surface area contributed by atoms with Crippen LogP contribution in [0.15, 0.2) is 66.8 Å². The van der Waals surface area contributed by atoms with E-state index in [1.807, 2.05) is 19.1 Å². The third-order valence-corrected chi connectivity index (χ3v) is 9.55. The van der Waals surface area contributed by atoms with E-state index in [-0.39, 0.29) is 12.5 Å². The van der Waals surface area contributed by atoms with Crippen LogP contribution in [-0.2, 0) is 17.3 Å². The van der Waals surface area contributed by atoms with Crippen molar-refractivity contribution in [1.82, 2.24) is 0 Å². The SMILES string of the molecule is CC=CCCC1CCC(c2ccc(CCOC(F)(F)c3ccc(C4CCC(CCC=CC)CC4)cc3F)cc2)CC1. The maximum absolute atomic E-state index is 14.9. The molecular weight excluding hydrogens is 517 g/mol. The van der Waals surface area contributed by atoms with E-state index in [2.05, 4.69) is 43.4 Å². The van der Waals surface area contributed by atoms with Gasteiger partial charge in [0, 0.05) is 0 Å². The van der Waals surface area contributed by atoms with Crippen LogP contribution in [0, 0.1) is 17.7 Å². The summed E-state index contributed by atoms with van der Waals surface area (Å²) in [6.45, 7) is 3.96. The van der Waals surface area contributed by atoms with Crippen molar-refractivity contribution in [3.63, 3.8) is 0 Å². The quantitative estimate of drug-likeness (QED) is 0.219. The van der Waals surface area contributed by atoms with E-state index in [0.29, 0.717) is 18.3 Å². The van der Waals surface area contributed by atoms with Gasteiger partial charge < -0.3 is 4.74 Å². The second kappa shape index (κ2) is 15.8. The molecule has 0 saturated heterocycles. The second-order valence-electron chi connectivity index (χ2n) is 12.3. The van der Waals surface area contributed by atoms with Gasteiger partial charge >= 0.3 is 6.11 Å². The smallest absolute Gasteiger partial charge is 0.316 e. The van der Waals surface area contributed by atoms with Crippen LogP contribution in [-0.4, -0.2) is 6.61 Å². The maximum Gasteiger partial charge on any atom is 0.386 e. The molecule has 0 aliphatic heterocycles. The van der Waals surface area contributed by atoms with Crippen molar-refractivity contribution in [1.29, 1.82) is 0 Å². The Morgan fingerprint density at radius 1 is 0.732 bits per heavy atom. The standard InChI is InChI=1S/C37H49F3O/c1-3-5-7-9-28-11-17-31(18-12-28)32-19-15-30(16-20-32)25-26-41-37(39,40)35-24-23-34(27-36(35)38)33-21-13-29(14-22-33)10-8-6-4-2/h3-6,15-16,19-20,23-24,27-29,31,33H,7-14,17-18,21-22,25-26H2,1-2H3. The van der Waals surface area contributed by atoms with E-state index in [1.165, 1.54) is 62.6 Å². The van der Waals surface area contributed by atoms with Crippen LogP contribution in [0.3, 0.4) is 0 Å². The van der Waals surface area contributed by atoms with Crippen LogP contribution in [0.25, 0.3) is 0 Å². The first-order chi connectivity index (χ1) is 19.9. The molecule has 0 N–H and O–H groups in total. The van der Waals surface area contributed by atoms with Gasteiger partial charge in [-0.25, -0.2) is 4.39 Å². The van der Waals surface area contributed by atoms with Gasteiger partial charge in [-0.3, -0.25) is 0 Å². The number of hydrogen-bond acceptors (Lipinski definition) is 1. The number of benzene rings is 2. The molecule has 0 amide bonds. The number of alkyl halides is 2. The van der Waals surface area contributed by atoms with Gasteiger partial charge in [0.15, 0.2) is 0 Å². The molecule has 0 radical (unpaired) electrons. The molecule has 41 heavy (non-hydrogen) atoms. The highest BCUT2D eigenvalue weighted by Gasteiger charge is 2.36. The predicted octanol–water partition coefficient (Wildman–Crippen LogP) is 11.4. The van der Waals surface area contributed by atoms with E-state index in [4.69, 9.17) is 4.74 Å². The van der Waals surface area contributed by atoms with Gasteiger partial charge in [0.2, 0.25) is 0 Å². The third kappa shape index (κ3) is 9.33. The molecule has 2 saturated carbocycles. The summed E-state index contributed by atoms with van der Waals surface area (Å²) in [5.74, 6) is 1.50. The molecule has 0 unspecified atom stereocenters. The molecule has 4 rings (SSSR count). The summed E-state index contributed by atoms with van der Waals surface area (Å²) in [7, 11) is 0. The van der Waals surface area contributed by atoms with Crippen LogP contribution in [0.2, 0.25) is 0 Å². The topological polar surface area (TPSA) is 9.23 Å². The molecule has 0 heterocycles. The van der Waals surface area contributed by atoms with Crippen LogP contribution >= 0.6 is 0 Å². The van der Waals surface area contributed by atoms with Crippen molar-refractivity contribution < 1.29 is 17.9 Å². The molecule has 0 atom stereocenters. The largest absolute Gasteiger partial charge is 0.386 e. The van der Waals surface area contributed by atoms with Gasteiger partial charge in [-0.1, -0.05) is 54.6 Å². The van der Waals surface area contributed by atoms with Gasteiger partial charge in [-0.15, -0.1) is 0 Å². The van der Waals surface area contributed by atoms with Gasteiger partial charge in [-0.2, -0.15) is 8.78 Å². The average molecular weight is 567 g/mol. The van der Waals surface area contributed by atoms with E-state index in [0.717, 1.165) is 49.1 Å². The molecule has 2 aliphatic rings. The minimum absolute atomic E-state index is 0.165. The Kier molecular flexibility index (Phi) is 12.2. The van der Waals surface area contributed by atoms with Gasteiger partial charge in [0.05, 0.1) is 12.2 Å². The Labute approximate surface area is 246 Å². The molecule has 2 aromatic carbocycles. The van der Waals surface area contributed by atoms with Crippen molar-refractivity contribution in [3.05, 3.63) is 94.8 Å². The molecule has 2 aromatic rings. The molecule has 2 fully saturated rings. The third-order valence-electron chi connectivity index (χ3n) is 9.55. The number of hydrogen-bond donors (Lipinski definition) is 0. The molecule has 1 nitrogen and oxygen atoms in total. The predicted molar refractivity (Wildman–Crippen MR) is 164 cm³/mol. The maximum atomic E-state index is 14.9. The number of halogens is 3.